The van der Waals surface area contributed by atoms with Crippen molar-refractivity contribution >= 4 is 11.9 Å². The topological polar surface area (TPSA) is 63.6 Å². The Morgan fingerprint density at radius 1 is 0.610 bits per heavy atom. The molecule has 41 heavy (non-hydrogen) atoms. The number of hydrogen-bond acceptors (Lipinski definition) is 3. The minimum absolute atomic E-state index is 0.141. The molecule has 0 saturated carbocycles. The van der Waals surface area contributed by atoms with E-state index in [0.29, 0.717) is 6.42 Å². The average Bonchev–Trinajstić information content (AvgIpc) is 2.96. The highest BCUT2D eigenvalue weighted by atomic mass is 16.5. The van der Waals surface area contributed by atoms with E-state index in [4.69, 9.17) is 9.84 Å². The first kappa shape index (κ1) is 39.4. The number of esters is 1. The highest BCUT2D eigenvalue weighted by molar-refractivity contribution is 5.79. The molecule has 0 rings (SSSR count). The molecule has 0 aromatic rings. The Hall–Kier alpha value is -1.58. The van der Waals surface area contributed by atoms with Crippen molar-refractivity contribution in [2.45, 2.75) is 187 Å². The van der Waals surface area contributed by atoms with Crippen molar-refractivity contribution in [2.75, 3.05) is 6.61 Å². The molecule has 0 bridgehead atoms. The fourth-order valence-electron chi connectivity index (χ4n) is 5.53. The zero-order chi connectivity index (χ0) is 30.1. The molecule has 0 saturated heterocycles. The molecule has 0 aromatic carbocycles. The summed E-state index contributed by atoms with van der Waals surface area (Å²) in [5.74, 6) is -1.90. The van der Waals surface area contributed by atoms with E-state index in [0.717, 1.165) is 25.7 Å². The fourth-order valence-corrected chi connectivity index (χ4v) is 5.53. The van der Waals surface area contributed by atoms with Crippen LogP contribution in [0, 0.1) is 5.92 Å². The Balaban J connectivity index is 3.35. The molecule has 1 unspecified atom stereocenters. The molecule has 0 amide bonds. The summed E-state index contributed by atoms with van der Waals surface area (Å²) in [4.78, 5) is 23.0. The van der Waals surface area contributed by atoms with Crippen LogP contribution in [0.1, 0.15) is 187 Å². The molecule has 0 fully saturated rings. The molecule has 0 aliphatic carbocycles. The van der Waals surface area contributed by atoms with Gasteiger partial charge in [-0.2, -0.15) is 0 Å². The smallest absolute Gasteiger partial charge is 0.309 e. The van der Waals surface area contributed by atoms with Crippen molar-refractivity contribution in [1.82, 2.24) is 0 Å². The fraction of sp³-hybridized carbons (Fsp3) is 0.838. The zero-order valence-corrected chi connectivity index (χ0v) is 27.2. The molecule has 0 spiro atoms. The third-order valence-electron chi connectivity index (χ3n) is 8.16. The van der Waals surface area contributed by atoms with Crippen LogP contribution in [0.25, 0.3) is 0 Å². The van der Waals surface area contributed by atoms with Crippen molar-refractivity contribution in [3.8, 4) is 0 Å². The van der Waals surface area contributed by atoms with Crippen LogP contribution in [-0.2, 0) is 14.3 Å². The molecule has 0 aliphatic rings. The van der Waals surface area contributed by atoms with Gasteiger partial charge in [0.25, 0.3) is 0 Å². The first-order valence-electron chi connectivity index (χ1n) is 17.8. The first-order chi connectivity index (χ1) is 20.1. The quantitative estimate of drug-likeness (QED) is 0.0479. The van der Waals surface area contributed by atoms with Crippen molar-refractivity contribution in [3.63, 3.8) is 0 Å². The van der Waals surface area contributed by atoms with Crippen LogP contribution < -0.4 is 0 Å². The average molecular weight is 577 g/mol. The van der Waals surface area contributed by atoms with Gasteiger partial charge in [0.15, 0.2) is 0 Å². The van der Waals surface area contributed by atoms with E-state index >= 15 is 0 Å². The number of carboxylic acids is 1. The van der Waals surface area contributed by atoms with E-state index in [1.807, 2.05) is 0 Å². The van der Waals surface area contributed by atoms with Gasteiger partial charge in [0.05, 0.1) is 12.3 Å². The number of carboxylic acid groups (broad SMARTS) is 1. The highest BCUT2D eigenvalue weighted by Crippen LogP contribution is 2.18. The number of hydrogen-bond donors (Lipinski definition) is 1. The van der Waals surface area contributed by atoms with E-state index in [1.165, 1.54) is 147 Å². The van der Waals surface area contributed by atoms with Gasteiger partial charge in [-0.15, -0.1) is 0 Å². The number of allylic oxidation sites excluding steroid dienone is 2. The summed E-state index contributed by atoms with van der Waals surface area (Å²) in [5.41, 5.74) is 0. The summed E-state index contributed by atoms with van der Waals surface area (Å²) in [5, 5.41) is 9.03. The first-order valence-corrected chi connectivity index (χ1v) is 17.8. The third kappa shape index (κ3) is 31.2. The monoisotopic (exact) mass is 577 g/mol. The third-order valence-corrected chi connectivity index (χ3v) is 8.16. The van der Waals surface area contributed by atoms with Crippen LogP contribution >= 0.6 is 0 Å². The standard InChI is InChI=1S/C37H68O4/c1-3-5-6-7-8-9-10-11-12-13-14-15-16-17-18-19-20-21-22-23-24-25-26-27-28-29-30-31-32-35(34-36(38)39)37(40)41-33-4-2/h4,24-25,35H,2-3,5-23,26-34H2,1H3,(H,38,39)/b25-24+. The van der Waals surface area contributed by atoms with Gasteiger partial charge >= 0.3 is 11.9 Å². The minimum atomic E-state index is -0.947. The molecule has 4 heteroatoms. The number of aliphatic carboxylic acids is 1. The van der Waals surface area contributed by atoms with Gasteiger partial charge in [0.2, 0.25) is 0 Å². The molecular formula is C37H68O4. The van der Waals surface area contributed by atoms with Gasteiger partial charge < -0.3 is 9.84 Å². The highest BCUT2D eigenvalue weighted by Gasteiger charge is 2.22. The normalized spacial score (nSPS) is 12.1. The summed E-state index contributed by atoms with van der Waals surface area (Å²) < 4.78 is 5.04. The van der Waals surface area contributed by atoms with E-state index in [-0.39, 0.29) is 13.0 Å². The summed E-state index contributed by atoms with van der Waals surface area (Å²) in [6.45, 7) is 5.96. The maximum Gasteiger partial charge on any atom is 0.309 e. The Morgan fingerprint density at radius 3 is 1.34 bits per heavy atom. The van der Waals surface area contributed by atoms with E-state index in [2.05, 4.69) is 25.7 Å². The van der Waals surface area contributed by atoms with Gasteiger partial charge in [-0.3, -0.25) is 9.59 Å². The Labute approximate surface area is 255 Å². The molecule has 0 radical (unpaired) electrons. The van der Waals surface area contributed by atoms with Crippen LogP contribution in [0.2, 0.25) is 0 Å². The van der Waals surface area contributed by atoms with Gasteiger partial charge in [0, 0.05) is 0 Å². The number of carbonyl (C=O) groups is 2. The minimum Gasteiger partial charge on any atom is -0.481 e. The maximum absolute atomic E-state index is 12.0. The van der Waals surface area contributed by atoms with Gasteiger partial charge in [-0.1, -0.05) is 173 Å². The molecular weight excluding hydrogens is 508 g/mol. The SMILES string of the molecule is C=CCOC(=O)C(CCCCCCC/C=C/CCCCCCCCCCCCCCCCCCCCC)CC(=O)O. The largest absolute Gasteiger partial charge is 0.481 e. The zero-order valence-electron chi connectivity index (χ0n) is 27.2. The molecule has 240 valence electrons. The van der Waals surface area contributed by atoms with Crippen LogP contribution in [0.15, 0.2) is 24.8 Å². The lowest BCUT2D eigenvalue weighted by Crippen LogP contribution is -2.21. The van der Waals surface area contributed by atoms with E-state index in [1.54, 1.807) is 0 Å². The van der Waals surface area contributed by atoms with Crippen molar-refractivity contribution in [2.24, 2.45) is 5.92 Å². The van der Waals surface area contributed by atoms with Gasteiger partial charge in [0.1, 0.15) is 6.61 Å². The second-order valence-corrected chi connectivity index (χ2v) is 12.2. The molecule has 0 heterocycles. The van der Waals surface area contributed by atoms with Crippen LogP contribution in [-0.4, -0.2) is 23.7 Å². The van der Waals surface area contributed by atoms with Crippen LogP contribution in [0.4, 0.5) is 0 Å². The molecule has 4 nitrogen and oxygen atoms in total. The second-order valence-electron chi connectivity index (χ2n) is 12.2. The summed E-state index contributed by atoms with van der Waals surface area (Å²) >= 11 is 0. The lowest BCUT2D eigenvalue weighted by atomic mass is 9.97. The van der Waals surface area contributed by atoms with Crippen molar-refractivity contribution < 1.29 is 19.4 Å². The predicted octanol–water partition coefficient (Wildman–Crippen LogP) is 11.9. The number of unbranched alkanes of at least 4 members (excludes halogenated alkanes) is 24. The predicted molar refractivity (Wildman–Crippen MR) is 176 cm³/mol. The number of rotatable bonds is 33. The summed E-state index contributed by atoms with van der Waals surface area (Å²) in [7, 11) is 0. The molecule has 0 aliphatic heterocycles. The molecule has 1 atom stereocenters. The van der Waals surface area contributed by atoms with Crippen LogP contribution in [0.3, 0.4) is 0 Å². The number of carbonyl (C=O) groups excluding carboxylic acids is 1. The van der Waals surface area contributed by atoms with Crippen molar-refractivity contribution in [1.29, 1.82) is 0 Å². The van der Waals surface area contributed by atoms with E-state index in [9.17, 15) is 9.59 Å². The summed E-state index contributed by atoms with van der Waals surface area (Å²) in [6.07, 6.45) is 41.6. The Kier molecular flexibility index (Phi) is 31.7. The lowest BCUT2D eigenvalue weighted by Gasteiger charge is -2.13. The van der Waals surface area contributed by atoms with Crippen molar-refractivity contribution in [3.05, 3.63) is 24.8 Å². The Morgan fingerprint density at radius 2 is 0.976 bits per heavy atom. The molecule has 0 aromatic heterocycles. The van der Waals surface area contributed by atoms with E-state index < -0.39 is 17.9 Å². The summed E-state index contributed by atoms with van der Waals surface area (Å²) in [6, 6.07) is 0. The van der Waals surface area contributed by atoms with Crippen LogP contribution in [0.5, 0.6) is 0 Å². The molecule has 1 N–H and O–H groups in total. The number of ether oxygens (including phenoxy) is 1. The van der Waals surface area contributed by atoms with Gasteiger partial charge in [-0.25, -0.2) is 0 Å². The lowest BCUT2D eigenvalue weighted by molar-refractivity contribution is -0.152. The Bertz CT molecular complexity index is 612. The second kappa shape index (κ2) is 32.9. The maximum atomic E-state index is 12.0. The van der Waals surface area contributed by atoms with Gasteiger partial charge in [-0.05, 0) is 32.1 Å².